The first-order valence-electron chi connectivity index (χ1n) is 10.9. The first-order valence-corrected chi connectivity index (χ1v) is 10.9. The minimum atomic E-state index is -0.644. The standard InChI is InChI=1S/C23H28N6O4/c1-27-22(18(15-25-27)21(30)28-11-6-12-28)33-23(31)24-10-9-20-26-19(16-29(20)13-14-32-2)17-7-4-3-5-8-17/h3-5,7-8,15-16H,6,9-14H2,1-2H3,(H,24,31). The van der Waals surface area contributed by atoms with Crippen LogP contribution >= 0.6 is 0 Å². The van der Waals surface area contributed by atoms with Gasteiger partial charge in [0.05, 0.1) is 18.5 Å². The number of carbonyl (C=O) groups is 2. The zero-order valence-corrected chi connectivity index (χ0v) is 18.9. The molecular formula is C23H28N6O4. The van der Waals surface area contributed by atoms with Gasteiger partial charge in [0.2, 0.25) is 5.88 Å². The summed E-state index contributed by atoms with van der Waals surface area (Å²) in [6.45, 7) is 2.96. The molecule has 0 radical (unpaired) electrons. The average Bonchev–Trinajstić information content (AvgIpc) is 3.35. The molecule has 3 heterocycles. The fourth-order valence-electron chi connectivity index (χ4n) is 3.57. The number of rotatable bonds is 9. The van der Waals surface area contributed by atoms with Crippen molar-refractivity contribution >= 4 is 12.0 Å². The second-order valence-electron chi connectivity index (χ2n) is 7.79. The smallest absolute Gasteiger partial charge is 0.391 e. The van der Waals surface area contributed by atoms with Crippen LogP contribution in [0, 0.1) is 0 Å². The Bertz CT molecular complexity index is 1100. The van der Waals surface area contributed by atoms with Crippen molar-refractivity contribution < 1.29 is 19.1 Å². The van der Waals surface area contributed by atoms with E-state index in [1.807, 2.05) is 41.1 Å². The Labute approximate surface area is 192 Å². The van der Waals surface area contributed by atoms with Gasteiger partial charge in [0.25, 0.3) is 5.91 Å². The summed E-state index contributed by atoms with van der Waals surface area (Å²) >= 11 is 0. The monoisotopic (exact) mass is 452 g/mol. The highest BCUT2D eigenvalue weighted by molar-refractivity contribution is 5.97. The molecule has 0 unspecified atom stereocenters. The zero-order chi connectivity index (χ0) is 23.2. The minimum absolute atomic E-state index is 0.136. The van der Waals surface area contributed by atoms with Crippen LogP contribution in [-0.4, -0.2) is 69.6 Å². The normalized spacial score (nSPS) is 13.0. The van der Waals surface area contributed by atoms with E-state index >= 15 is 0 Å². The van der Waals surface area contributed by atoms with Gasteiger partial charge in [0, 0.05) is 58.5 Å². The first-order chi connectivity index (χ1) is 16.1. The summed E-state index contributed by atoms with van der Waals surface area (Å²) < 4.78 is 14.0. The van der Waals surface area contributed by atoms with Gasteiger partial charge in [0.1, 0.15) is 11.4 Å². The van der Waals surface area contributed by atoms with Crippen molar-refractivity contribution in [2.75, 3.05) is 33.4 Å². The van der Waals surface area contributed by atoms with E-state index in [0.29, 0.717) is 39.2 Å². The van der Waals surface area contributed by atoms with E-state index in [9.17, 15) is 9.59 Å². The molecule has 1 saturated heterocycles. The Morgan fingerprint density at radius 2 is 1.97 bits per heavy atom. The molecule has 3 aromatic rings. The van der Waals surface area contributed by atoms with Gasteiger partial charge in [-0.05, 0) is 6.42 Å². The van der Waals surface area contributed by atoms with Crippen LogP contribution in [0.3, 0.4) is 0 Å². The number of nitrogens with zero attached hydrogens (tertiary/aromatic N) is 5. The third kappa shape index (κ3) is 5.23. The maximum Gasteiger partial charge on any atom is 0.413 e. The van der Waals surface area contributed by atoms with E-state index in [2.05, 4.69) is 10.4 Å². The number of methoxy groups -OCH3 is 1. The average molecular weight is 453 g/mol. The number of ether oxygens (including phenoxy) is 2. The van der Waals surface area contributed by atoms with E-state index in [1.165, 1.54) is 10.9 Å². The number of benzene rings is 1. The van der Waals surface area contributed by atoms with E-state index in [4.69, 9.17) is 14.5 Å². The number of hydrogen-bond donors (Lipinski definition) is 1. The molecule has 1 fully saturated rings. The second kappa shape index (κ2) is 10.3. The molecule has 10 heteroatoms. The fraction of sp³-hybridized carbons (Fsp3) is 0.391. The highest BCUT2D eigenvalue weighted by Gasteiger charge is 2.27. The number of carbonyl (C=O) groups excluding carboxylic acids is 2. The predicted molar refractivity (Wildman–Crippen MR) is 121 cm³/mol. The van der Waals surface area contributed by atoms with E-state index < -0.39 is 6.09 Å². The molecule has 0 aliphatic carbocycles. The third-order valence-electron chi connectivity index (χ3n) is 5.53. The summed E-state index contributed by atoms with van der Waals surface area (Å²) in [4.78, 5) is 31.4. The van der Waals surface area contributed by atoms with Gasteiger partial charge in [-0.25, -0.2) is 14.5 Å². The zero-order valence-electron chi connectivity index (χ0n) is 18.9. The van der Waals surface area contributed by atoms with Crippen molar-refractivity contribution in [3.8, 4) is 17.1 Å². The molecule has 0 atom stereocenters. The summed E-state index contributed by atoms with van der Waals surface area (Å²) in [5, 5.41) is 6.81. The number of aryl methyl sites for hydroxylation is 1. The number of nitrogens with one attached hydrogen (secondary N) is 1. The van der Waals surface area contributed by atoms with Gasteiger partial charge in [-0.15, -0.1) is 0 Å². The highest BCUT2D eigenvalue weighted by Crippen LogP contribution is 2.22. The Kier molecular flexibility index (Phi) is 7.04. The summed E-state index contributed by atoms with van der Waals surface area (Å²) in [6, 6.07) is 9.93. The first kappa shape index (κ1) is 22.5. The lowest BCUT2D eigenvalue weighted by Crippen LogP contribution is -2.42. The number of amides is 2. The Balaban J connectivity index is 1.37. The second-order valence-corrected chi connectivity index (χ2v) is 7.79. The molecule has 174 valence electrons. The number of aromatic nitrogens is 4. The molecule has 33 heavy (non-hydrogen) atoms. The van der Waals surface area contributed by atoms with Crippen molar-refractivity contribution in [2.45, 2.75) is 19.4 Å². The van der Waals surface area contributed by atoms with Gasteiger partial charge in [-0.1, -0.05) is 30.3 Å². The summed E-state index contributed by atoms with van der Waals surface area (Å²) in [5.41, 5.74) is 2.18. The van der Waals surface area contributed by atoms with E-state index in [1.54, 1.807) is 19.1 Å². The van der Waals surface area contributed by atoms with Gasteiger partial charge in [-0.3, -0.25) is 4.79 Å². The largest absolute Gasteiger partial charge is 0.413 e. The van der Waals surface area contributed by atoms with Gasteiger partial charge in [-0.2, -0.15) is 5.10 Å². The summed E-state index contributed by atoms with van der Waals surface area (Å²) in [6.07, 6.45) is 4.27. The molecule has 2 amide bonds. The van der Waals surface area contributed by atoms with Gasteiger partial charge in [0.15, 0.2) is 0 Å². The lowest BCUT2D eigenvalue weighted by atomic mass is 10.2. The van der Waals surface area contributed by atoms with Crippen molar-refractivity contribution in [2.24, 2.45) is 7.05 Å². The van der Waals surface area contributed by atoms with Crippen molar-refractivity contribution in [3.05, 3.63) is 54.1 Å². The van der Waals surface area contributed by atoms with Crippen LogP contribution in [0.4, 0.5) is 4.79 Å². The van der Waals surface area contributed by atoms with Crippen molar-refractivity contribution in [3.63, 3.8) is 0 Å². The van der Waals surface area contributed by atoms with Crippen LogP contribution in [0.2, 0.25) is 0 Å². The van der Waals surface area contributed by atoms with Crippen molar-refractivity contribution in [1.29, 1.82) is 0 Å². The third-order valence-corrected chi connectivity index (χ3v) is 5.53. The Morgan fingerprint density at radius 1 is 1.18 bits per heavy atom. The Hall–Kier alpha value is -3.66. The molecule has 0 saturated carbocycles. The molecule has 1 N–H and O–H groups in total. The maximum atomic E-state index is 12.5. The van der Waals surface area contributed by atoms with E-state index in [0.717, 1.165) is 23.5 Å². The molecule has 1 aliphatic rings. The molecule has 10 nitrogen and oxygen atoms in total. The van der Waals surface area contributed by atoms with Crippen LogP contribution in [0.15, 0.2) is 42.7 Å². The maximum absolute atomic E-state index is 12.5. The molecule has 2 aromatic heterocycles. The van der Waals surface area contributed by atoms with Crippen LogP contribution < -0.4 is 10.1 Å². The Morgan fingerprint density at radius 3 is 2.67 bits per heavy atom. The van der Waals surface area contributed by atoms with Crippen LogP contribution in [0.5, 0.6) is 5.88 Å². The number of likely N-dealkylation sites (tertiary alicyclic amines) is 1. The number of hydrogen-bond acceptors (Lipinski definition) is 6. The highest BCUT2D eigenvalue weighted by atomic mass is 16.6. The predicted octanol–water partition coefficient (Wildman–Crippen LogP) is 2.11. The summed E-state index contributed by atoms with van der Waals surface area (Å²) in [7, 11) is 3.29. The van der Waals surface area contributed by atoms with Crippen LogP contribution in [-0.2, 0) is 24.8 Å². The molecule has 1 aromatic carbocycles. The van der Waals surface area contributed by atoms with Gasteiger partial charge >= 0.3 is 6.09 Å². The van der Waals surface area contributed by atoms with E-state index in [-0.39, 0.29) is 17.4 Å². The molecule has 1 aliphatic heterocycles. The molecular weight excluding hydrogens is 424 g/mol. The van der Waals surface area contributed by atoms with Crippen molar-refractivity contribution in [1.82, 2.24) is 29.5 Å². The van der Waals surface area contributed by atoms with Crippen LogP contribution in [0.25, 0.3) is 11.3 Å². The SMILES string of the molecule is COCCn1cc(-c2ccccc2)nc1CCNC(=O)Oc1c(C(=O)N2CCC2)cnn1C. The van der Waals surface area contributed by atoms with Crippen LogP contribution in [0.1, 0.15) is 22.6 Å². The molecule has 0 spiro atoms. The fourth-order valence-corrected chi connectivity index (χ4v) is 3.57. The van der Waals surface area contributed by atoms with Gasteiger partial charge < -0.3 is 24.3 Å². The minimum Gasteiger partial charge on any atom is -0.391 e. The lowest BCUT2D eigenvalue weighted by Gasteiger charge is -2.30. The quantitative estimate of drug-likeness (QED) is 0.533. The molecule has 4 rings (SSSR count). The number of imidazole rings is 1. The summed E-state index contributed by atoms with van der Waals surface area (Å²) in [5.74, 6) is 0.795. The topological polar surface area (TPSA) is 104 Å². The lowest BCUT2D eigenvalue weighted by molar-refractivity contribution is 0.0648. The molecule has 0 bridgehead atoms.